The normalized spacial score (nSPS) is 29.3. The standard InChI is InChI=1S/C22H26N4O2/c27-12-25(15-3-4-15)20-11-19(18-7-8-23-21(18)24-20)14-9-16-5-6-17(10-14)26(16)22(28)13-1-2-13/h7-8,11-17H,1-6,9-10H2,(H,23,24). The first kappa shape index (κ1) is 16.6. The number of piperidine rings is 1. The second-order valence-electron chi connectivity index (χ2n) is 9.13. The molecule has 2 atom stereocenters. The fourth-order valence-electron chi connectivity index (χ4n) is 5.53. The van der Waals surface area contributed by atoms with E-state index in [1.54, 1.807) is 4.90 Å². The van der Waals surface area contributed by atoms with E-state index in [1.807, 2.05) is 6.20 Å². The van der Waals surface area contributed by atoms with Crippen molar-refractivity contribution in [2.24, 2.45) is 5.92 Å². The first-order chi connectivity index (χ1) is 13.7. The molecular formula is C22H26N4O2. The van der Waals surface area contributed by atoms with Crippen LogP contribution < -0.4 is 4.90 Å². The van der Waals surface area contributed by atoms with Crippen molar-refractivity contribution in [3.63, 3.8) is 0 Å². The zero-order valence-corrected chi connectivity index (χ0v) is 16.0. The number of hydrogen-bond acceptors (Lipinski definition) is 3. The Morgan fingerprint density at radius 2 is 1.89 bits per heavy atom. The van der Waals surface area contributed by atoms with Crippen molar-refractivity contribution in [1.82, 2.24) is 14.9 Å². The van der Waals surface area contributed by atoms with Gasteiger partial charge in [0.25, 0.3) is 0 Å². The van der Waals surface area contributed by atoms with Crippen LogP contribution in [0.5, 0.6) is 0 Å². The molecule has 2 amide bonds. The van der Waals surface area contributed by atoms with Crippen LogP contribution in [0.25, 0.3) is 11.0 Å². The van der Waals surface area contributed by atoms with Crippen LogP contribution in [0.15, 0.2) is 18.3 Å². The number of anilines is 1. The number of hydrogen-bond donors (Lipinski definition) is 1. The fourth-order valence-corrected chi connectivity index (χ4v) is 5.53. The first-order valence-electron chi connectivity index (χ1n) is 10.8. The molecule has 2 unspecified atom stereocenters. The number of carbonyl (C=O) groups is 2. The predicted octanol–water partition coefficient (Wildman–Crippen LogP) is 3.34. The van der Waals surface area contributed by atoms with E-state index in [2.05, 4.69) is 22.0 Å². The molecule has 2 aliphatic carbocycles. The summed E-state index contributed by atoms with van der Waals surface area (Å²) in [6.45, 7) is 0. The molecule has 28 heavy (non-hydrogen) atoms. The van der Waals surface area contributed by atoms with Crippen molar-refractivity contribution < 1.29 is 9.59 Å². The van der Waals surface area contributed by atoms with Gasteiger partial charge in [0.1, 0.15) is 11.5 Å². The maximum atomic E-state index is 12.8. The van der Waals surface area contributed by atoms with Crippen LogP contribution in [0, 0.1) is 5.92 Å². The molecule has 2 saturated heterocycles. The lowest BCUT2D eigenvalue weighted by Gasteiger charge is -2.39. The molecule has 4 heterocycles. The van der Waals surface area contributed by atoms with Crippen molar-refractivity contribution in [1.29, 1.82) is 0 Å². The van der Waals surface area contributed by atoms with Gasteiger partial charge in [-0.15, -0.1) is 0 Å². The summed E-state index contributed by atoms with van der Waals surface area (Å²) >= 11 is 0. The van der Waals surface area contributed by atoms with Crippen LogP contribution in [0.2, 0.25) is 0 Å². The van der Waals surface area contributed by atoms with Crippen LogP contribution in [0.1, 0.15) is 62.8 Å². The third-order valence-corrected chi connectivity index (χ3v) is 7.22. The summed E-state index contributed by atoms with van der Waals surface area (Å²) in [5.41, 5.74) is 2.16. The first-order valence-corrected chi connectivity index (χ1v) is 10.8. The Hall–Kier alpha value is -2.37. The Kier molecular flexibility index (Phi) is 3.59. The average molecular weight is 378 g/mol. The number of fused-ring (bicyclic) bond motifs is 3. The molecule has 6 rings (SSSR count). The van der Waals surface area contributed by atoms with Crippen molar-refractivity contribution in [2.75, 3.05) is 4.90 Å². The second-order valence-corrected chi connectivity index (χ2v) is 9.13. The van der Waals surface area contributed by atoms with E-state index in [1.165, 1.54) is 5.56 Å². The van der Waals surface area contributed by atoms with E-state index >= 15 is 0 Å². The van der Waals surface area contributed by atoms with E-state index < -0.39 is 0 Å². The molecular weight excluding hydrogens is 352 g/mol. The van der Waals surface area contributed by atoms with Gasteiger partial charge in [-0.25, -0.2) is 4.98 Å². The van der Waals surface area contributed by atoms with Gasteiger partial charge in [0.15, 0.2) is 0 Å². The van der Waals surface area contributed by atoms with Gasteiger partial charge in [-0.1, -0.05) is 0 Å². The van der Waals surface area contributed by atoms with E-state index in [0.717, 1.165) is 74.6 Å². The molecule has 6 nitrogen and oxygen atoms in total. The van der Waals surface area contributed by atoms with Crippen molar-refractivity contribution >= 4 is 29.2 Å². The van der Waals surface area contributed by atoms with Gasteiger partial charge in [-0.05, 0) is 75.0 Å². The molecule has 4 aliphatic rings. The Morgan fingerprint density at radius 1 is 1.14 bits per heavy atom. The van der Waals surface area contributed by atoms with Gasteiger partial charge in [0, 0.05) is 35.6 Å². The number of aromatic nitrogens is 2. The van der Waals surface area contributed by atoms with Gasteiger partial charge in [0.2, 0.25) is 12.3 Å². The van der Waals surface area contributed by atoms with Gasteiger partial charge in [-0.2, -0.15) is 0 Å². The molecule has 2 aromatic rings. The third kappa shape index (κ3) is 2.57. The van der Waals surface area contributed by atoms with Crippen LogP contribution >= 0.6 is 0 Å². The van der Waals surface area contributed by atoms with Crippen LogP contribution in [0.4, 0.5) is 5.82 Å². The quantitative estimate of drug-likeness (QED) is 0.812. The maximum absolute atomic E-state index is 12.8. The molecule has 2 saturated carbocycles. The predicted molar refractivity (Wildman–Crippen MR) is 106 cm³/mol. The molecule has 0 spiro atoms. The smallest absolute Gasteiger partial charge is 0.226 e. The minimum atomic E-state index is 0.305. The van der Waals surface area contributed by atoms with Crippen LogP contribution in [-0.4, -0.2) is 45.3 Å². The number of carbonyl (C=O) groups excluding carboxylic acids is 2. The summed E-state index contributed by atoms with van der Waals surface area (Å²) in [6, 6.07) is 5.32. The molecule has 6 heteroatoms. The summed E-state index contributed by atoms with van der Waals surface area (Å²) < 4.78 is 0. The summed E-state index contributed by atoms with van der Waals surface area (Å²) in [5, 5.41) is 1.16. The van der Waals surface area contributed by atoms with E-state index in [4.69, 9.17) is 4.98 Å². The van der Waals surface area contributed by atoms with E-state index in [9.17, 15) is 9.59 Å². The Morgan fingerprint density at radius 3 is 2.54 bits per heavy atom. The Bertz CT molecular complexity index is 931. The fraction of sp³-hybridized carbons (Fsp3) is 0.591. The average Bonchev–Trinajstić information content (AvgIpc) is 3.62. The number of amides is 2. The van der Waals surface area contributed by atoms with Gasteiger partial charge >= 0.3 is 0 Å². The lowest BCUT2D eigenvalue weighted by Crippen LogP contribution is -2.46. The third-order valence-electron chi connectivity index (χ3n) is 7.22. The van der Waals surface area contributed by atoms with Crippen LogP contribution in [-0.2, 0) is 9.59 Å². The number of nitrogens with one attached hydrogen (secondary N) is 1. The highest BCUT2D eigenvalue weighted by Crippen LogP contribution is 2.47. The van der Waals surface area contributed by atoms with Crippen molar-refractivity contribution in [3.05, 3.63) is 23.9 Å². The largest absolute Gasteiger partial charge is 0.346 e. The van der Waals surface area contributed by atoms with Crippen LogP contribution in [0.3, 0.4) is 0 Å². The summed E-state index contributed by atoms with van der Waals surface area (Å²) in [5.74, 6) is 1.91. The molecule has 0 radical (unpaired) electrons. The van der Waals surface area contributed by atoms with Gasteiger partial charge < -0.3 is 9.88 Å². The molecule has 0 aromatic carbocycles. The lowest BCUT2D eigenvalue weighted by molar-refractivity contribution is -0.137. The maximum Gasteiger partial charge on any atom is 0.226 e. The molecule has 4 fully saturated rings. The highest BCUT2D eigenvalue weighted by molar-refractivity contribution is 5.86. The highest BCUT2D eigenvalue weighted by atomic mass is 16.2. The zero-order valence-electron chi connectivity index (χ0n) is 16.0. The van der Waals surface area contributed by atoms with Crippen molar-refractivity contribution in [3.8, 4) is 0 Å². The van der Waals surface area contributed by atoms with E-state index in [-0.39, 0.29) is 0 Å². The number of aromatic amines is 1. The van der Waals surface area contributed by atoms with Gasteiger partial charge in [-0.3, -0.25) is 14.5 Å². The second kappa shape index (κ2) is 6.06. The molecule has 2 bridgehead atoms. The number of rotatable bonds is 5. The summed E-state index contributed by atoms with van der Waals surface area (Å²) in [7, 11) is 0. The minimum Gasteiger partial charge on any atom is -0.346 e. The minimum absolute atomic E-state index is 0.305. The Labute approximate surface area is 164 Å². The SMILES string of the molecule is O=CN(c1cc(C2CC3CCC(C2)N3C(=O)C2CC2)c2cc[nH]c2n1)C1CC1. The van der Waals surface area contributed by atoms with Crippen molar-refractivity contribution in [2.45, 2.75) is 75.4 Å². The number of H-pyrrole nitrogens is 1. The topological polar surface area (TPSA) is 69.3 Å². The zero-order chi connectivity index (χ0) is 18.8. The summed E-state index contributed by atoms with van der Waals surface area (Å²) in [4.78, 5) is 36.5. The lowest BCUT2D eigenvalue weighted by atomic mass is 9.84. The monoisotopic (exact) mass is 378 g/mol. The molecule has 146 valence electrons. The van der Waals surface area contributed by atoms with Gasteiger partial charge in [0.05, 0.1) is 0 Å². The number of nitrogens with zero attached hydrogens (tertiary/aromatic N) is 3. The van der Waals surface area contributed by atoms with E-state index in [0.29, 0.717) is 35.9 Å². The number of pyridine rings is 1. The molecule has 2 aliphatic heterocycles. The Balaban J connectivity index is 1.34. The highest BCUT2D eigenvalue weighted by Gasteiger charge is 2.47. The molecule has 1 N–H and O–H groups in total. The summed E-state index contributed by atoms with van der Waals surface area (Å²) in [6.07, 6.45) is 11.5. The molecule has 2 aromatic heterocycles.